The second-order valence-corrected chi connectivity index (χ2v) is 7.11. The van der Waals surface area contributed by atoms with Crippen molar-refractivity contribution in [3.63, 3.8) is 0 Å². The molecule has 0 saturated heterocycles. The molecule has 0 fully saturated rings. The maximum absolute atomic E-state index is 12.7. The van der Waals surface area contributed by atoms with Crippen molar-refractivity contribution in [3.05, 3.63) is 28.5 Å². The zero-order chi connectivity index (χ0) is 18.3. The number of benzene rings is 1. The Kier molecular flexibility index (Phi) is 4.20. The van der Waals surface area contributed by atoms with Crippen LogP contribution in [0.5, 0.6) is 17.2 Å². The molecule has 1 aliphatic rings. The maximum atomic E-state index is 12.7. The second kappa shape index (κ2) is 6.53. The van der Waals surface area contributed by atoms with Crippen LogP contribution in [-0.2, 0) is 7.05 Å². The van der Waals surface area contributed by atoms with E-state index in [-0.39, 0.29) is 12.0 Å². The number of amides is 1. The summed E-state index contributed by atoms with van der Waals surface area (Å²) in [5.74, 6) is 2.14. The first-order valence-electron chi connectivity index (χ1n) is 8.35. The van der Waals surface area contributed by atoms with Crippen LogP contribution in [0.3, 0.4) is 0 Å². The van der Waals surface area contributed by atoms with Crippen LogP contribution in [0.4, 0.5) is 5.82 Å². The van der Waals surface area contributed by atoms with Gasteiger partial charge in [-0.25, -0.2) is 0 Å². The molecule has 1 N–H and O–H groups in total. The Labute approximate surface area is 154 Å². The van der Waals surface area contributed by atoms with Crippen molar-refractivity contribution in [2.45, 2.75) is 20.0 Å². The molecule has 4 rings (SSSR count). The van der Waals surface area contributed by atoms with E-state index in [0.29, 0.717) is 35.4 Å². The van der Waals surface area contributed by atoms with Crippen LogP contribution in [0.15, 0.2) is 23.6 Å². The van der Waals surface area contributed by atoms with Crippen LogP contribution in [0.1, 0.15) is 23.5 Å². The average Bonchev–Trinajstić information content (AvgIpc) is 3.16. The molecule has 0 radical (unpaired) electrons. The largest absolute Gasteiger partial charge is 0.491 e. The van der Waals surface area contributed by atoms with Crippen LogP contribution in [-0.4, -0.2) is 35.0 Å². The molecule has 0 bridgehead atoms. The highest BCUT2D eigenvalue weighted by Gasteiger charge is 2.24. The van der Waals surface area contributed by atoms with E-state index in [1.54, 1.807) is 10.1 Å². The van der Waals surface area contributed by atoms with E-state index in [0.717, 1.165) is 16.7 Å². The van der Waals surface area contributed by atoms with Crippen molar-refractivity contribution in [1.29, 1.82) is 0 Å². The highest BCUT2D eigenvalue weighted by molar-refractivity contribution is 7.13. The van der Waals surface area contributed by atoms with Crippen molar-refractivity contribution in [2.75, 3.05) is 18.5 Å². The van der Waals surface area contributed by atoms with Gasteiger partial charge in [0.05, 0.1) is 11.6 Å². The van der Waals surface area contributed by atoms with Crippen molar-refractivity contribution in [3.8, 4) is 17.2 Å². The van der Waals surface area contributed by atoms with Gasteiger partial charge in [0.15, 0.2) is 17.3 Å². The lowest BCUT2D eigenvalue weighted by Crippen LogP contribution is -2.18. The summed E-state index contributed by atoms with van der Waals surface area (Å²) in [4.78, 5) is 13.2. The molecule has 26 heavy (non-hydrogen) atoms. The Bertz CT molecular complexity index is 976. The number of hydrogen-bond acceptors (Lipinski definition) is 6. The van der Waals surface area contributed by atoms with Gasteiger partial charge in [-0.3, -0.25) is 9.48 Å². The number of aryl methyl sites for hydroxylation is 1. The molecule has 1 aliphatic heterocycles. The summed E-state index contributed by atoms with van der Waals surface area (Å²) in [6.07, 6.45) is 0.0899. The van der Waals surface area contributed by atoms with Crippen molar-refractivity contribution >= 4 is 34.0 Å². The summed E-state index contributed by atoms with van der Waals surface area (Å²) in [5, 5.41) is 9.95. The molecule has 0 aliphatic carbocycles. The number of aromatic nitrogens is 2. The summed E-state index contributed by atoms with van der Waals surface area (Å²) < 4.78 is 18.5. The Balaban J connectivity index is 1.63. The van der Waals surface area contributed by atoms with E-state index >= 15 is 0 Å². The summed E-state index contributed by atoms with van der Waals surface area (Å²) in [5.41, 5.74) is 0.881. The molecule has 0 saturated carbocycles. The average molecular weight is 373 g/mol. The standard InChI is InChI=1S/C18H19N3O4S/c1-10(2)25-11-4-5-12-13(8-11)21(3)20-17(12)19-18(22)16-15-14(9-26-16)23-6-7-24-15/h4-5,8-10H,6-7H2,1-3H3,(H,19,20,22). The first kappa shape index (κ1) is 16.7. The van der Waals surface area contributed by atoms with Gasteiger partial charge < -0.3 is 19.5 Å². The quantitative estimate of drug-likeness (QED) is 0.758. The van der Waals surface area contributed by atoms with Crippen LogP contribution in [0.2, 0.25) is 0 Å². The van der Waals surface area contributed by atoms with Gasteiger partial charge in [0, 0.05) is 23.9 Å². The number of anilines is 1. The number of thiophene rings is 1. The molecule has 3 heterocycles. The Morgan fingerprint density at radius 1 is 1.35 bits per heavy atom. The number of nitrogens with zero attached hydrogens (tertiary/aromatic N) is 2. The predicted octanol–water partition coefficient (Wildman–Crippen LogP) is 3.45. The lowest BCUT2D eigenvalue weighted by atomic mass is 10.2. The van der Waals surface area contributed by atoms with Crippen LogP contribution >= 0.6 is 11.3 Å². The normalized spacial score (nSPS) is 13.2. The SMILES string of the molecule is CC(C)Oc1ccc2c(NC(=O)c3scc4c3OCCO4)nn(C)c2c1. The lowest BCUT2D eigenvalue weighted by molar-refractivity contribution is 0.102. The van der Waals surface area contributed by atoms with Gasteiger partial charge in [0.25, 0.3) is 5.91 Å². The van der Waals surface area contributed by atoms with E-state index in [9.17, 15) is 4.79 Å². The van der Waals surface area contributed by atoms with Gasteiger partial charge in [-0.15, -0.1) is 11.3 Å². The highest BCUT2D eigenvalue weighted by atomic mass is 32.1. The van der Waals surface area contributed by atoms with Crippen LogP contribution < -0.4 is 19.5 Å². The van der Waals surface area contributed by atoms with E-state index in [2.05, 4.69) is 10.4 Å². The molecule has 1 aromatic carbocycles. The molecule has 136 valence electrons. The van der Waals surface area contributed by atoms with Crippen LogP contribution in [0.25, 0.3) is 10.9 Å². The van der Waals surface area contributed by atoms with Gasteiger partial charge in [-0.05, 0) is 26.0 Å². The fraction of sp³-hybridized carbons (Fsp3) is 0.333. The molecule has 8 heteroatoms. The van der Waals surface area contributed by atoms with Gasteiger partial charge in [-0.2, -0.15) is 5.10 Å². The topological polar surface area (TPSA) is 74.6 Å². The third-order valence-electron chi connectivity index (χ3n) is 3.93. The molecule has 2 aromatic heterocycles. The van der Waals surface area contributed by atoms with E-state index in [1.807, 2.05) is 39.1 Å². The van der Waals surface area contributed by atoms with E-state index in [1.165, 1.54) is 11.3 Å². The summed E-state index contributed by atoms with van der Waals surface area (Å²) in [6.45, 7) is 4.89. The first-order valence-corrected chi connectivity index (χ1v) is 9.22. The second-order valence-electron chi connectivity index (χ2n) is 6.23. The molecule has 0 spiro atoms. The maximum Gasteiger partial charge on any atom is 0.270 e. The minimum absolute atomic E-state index is 0.0899. The van der Waals surface area contributed by atoms with Gasteiger partial charge in [-0.1, -0.05) is 0 Å². The predicted molar refractivity (Wildman–Crippen MR) is 99.7 cm³/mol. The zero-order valence-electron chi connectivity index (χ0n) is 14.7. The number of fused-ring (bicyclic) bond motifs is 2. The molecule has 1 amide bonds. The van der Waals surface area contributed by atoms with E-state index < -0.39 is 0 Å². The fourth-order valence-corrected chi connectivity index (χ4v) is 3.68. The third-order valence-corrected chi connectivity index (χ3v) is 4.87. The van der Waals surface area contributed by atoms with Crippen molar-refractivity contribution in [2.24, 2.45) is 7.05 Å². The Morgan fingerprint density at radius 3 is 2.96 bits per heavy atom. The molecular weight excluding hydrogens is 354 g/mol. The molecule has 3 aromatic rings. The lowest BCUT2D eigenvalue weighted by Gasteiger charge is -2.15. The zero-order valence-corrected chi connectivity index (χ0v) is 15.6. The minimum atomic E-state index is -0.260. The molecular formula is C18H19N3O4S. The van der Waals surface area contributed by atoms with Crippen molar-refractivity contribution in [1.82, 2.24) is 9.78 Å². The van der Waals surface area contributed by atoms with Gasteiger partial charge >= 0.3 is 0 Å². The summed E-state index contributed by atoms with van der Waals surface area (Å²) in [6, 6.07) is 5.70. The van der Waals surface area contributed by atoms with Crippen LogP contribution in [0, 0.1) is 0 Å². The highest BCUT2D eigenvalue weighted by Crippen LogP contribution is 2.39. The van der Waals surface area contributed by atoms with Gasteiger partial charge in [0.1, 0.15) is 23.8 Å². The first-order chi connectivity index (χ1) is 12.5. The Morgan fingerprint density at radius 2 is 2.15 bits per heavy atom. The number of hydrogen-bond donors (Lipinski definition) is 1. The van der Waals surface area contributed by atoms with E-state index in [4.69, 9.17) is 14.2 Å². The number of nitrogens with one attached hydrogen (secondary N) is 1. The third kappa shape index (κ3) is 2.96. The van der Waals surface area contributed by atoms with Gasteiger partial charge in [0.2, 0.25) is 0 Å². The van der Waals surface area contributed by atoms with Crippen molar-refractivity contribution < 1.29 is 19.0 Å². The minimum Gasteiger partial charge on any atom is -0.491 e. The number of carbonyl (C=O) groups is 1. The molecule has 7 nitrogen and oxygen atoms in total. The fourth-order valence-electron chi connectivity index (χ4n) is 2.86. The smallest absolute Gasteiger partial charge is 0.270 e. The summed E-state index contributed by atoms with van der Waals surface area (Å²) in [7, 11) is 1.83. The molecule has 0 atom stereocenters. The molecule has 0 unspecified atom stereocenters. The Hall–Kier alpha value is -2.74. The monoisotopic (exact) mass is 373 g/mol. The number of ether oxygens (including phenoxy) is 3. The summed E-state index contributed by atoms with van der Waals surface area (Å²) >= 11 is 1.30. The number of rotatable bonds is 4. The number of carbonyl (C=O) groups excluding carboxylic acids is 1.